The molecule has 3 unspecified atom stereocenters. The van der Waals surface area contributed by atoms with E-state index in [1.165, 1.54) is 6.42 Å². The van der Waals surface area contributed by atoms with E-state index in [2.05, 4.69) is 35.3 Å². The minimum Gasteiger partial charge on any atom is -0.308 e. The predicted molar refractivity (Wildman–Crippen MR) is 42.1 cm³/mol. The van der Waals surface area contributed by atoms with Crippen LogP contribution in [0, 0.1) is 0 Å². The maximum absolute atomic E-state index is 3.36. The highest BCUT2D eigenvalue weighted by molar-refractivity contribution is 7.17. The highest BCUT2D eigenvalue weighted by atomic mass is 31.0. The first-order valence-corrected chi connectivity index (χ1v) is 3.85. The average Bonchev–Trinajstić information content (AvgIpc) is 1.65. The van der Waals surface area contributed by atoms with Gasteiger partial charge in [-0.05, 0) is 20.3 Å². The van der Waals surface area contributed by atoms with Gasteiger partial charge in [0.25, 0.3) is 0 Å². The van der Waals surface area contributed by atoms with Crippen LogP contribution in [0.1, 0.15) is 27.2 Å². The standard InChI is InChI=1S/C6H16NP/c1-4-5(2)7-6(3)8/h5-7H,4,8H2,1-3H3. The molecule has 3 atom stereocenters. The van der Waals surface area contributed by atoms with Crippen LogP contribution in [0.5, 0.6) is 0 Å². The van der Waals surface area contributed by atoms with Crippen LogP contribution in [-0.4, -0.2) is 11.8 Å². The summed E-state index contributed by atoms with van der Waals surface area (Å²) in [6.07, 6.45) is 1.21. The zero-order valence-electron chi connectivity index (χ0n) is 5.94. The first kappa shape index (κ1) is 8.39. The minimum absolute atomic E-state index is 0.546. The molecule has 0 rings (SSSR count). The topological polar surface area (TPSA) is 12.0 Å². The Morgan fingerprint density at radius 3 is 2.12 bits per heavy atom. The SMILES string of the molecule is CCC(C)NC(C)P. The molecule has 0 saturated carbocycles. The van der Waals surface area contributed by atoms with E-state index in [4.69, 9.17) is 0 Å². The molecule has 0 spiro atoms. The van der Waals surface area contributed by atoms with Gasteiger partial charge in [0.05, 0.1) is 0 Å². The van der Waals surface area contributed by atoms with Crippen molar-refractivity contribution in [2.75, 3.05) is 0 Å². The van der Waals surface area contributed by atoms with Crippen molar-refractivity contribution in [3.05, 3.63) is 0 Å². The average molecular weight is 133 g/mol. The van der Waals surface area contributed by atoms with Crippen molar-refractivity contribution >= 4 is 9.24 Å². The lowest BCUT2D eigenvalue weighted by atomic mass is 10.3. The van der Waals surface area contributed by atoms with Crippen LogP contribution in [0.2, 0.25) is 0 Å². The Bertz CT molecular complexity index is 54.5. The number of nitrogens with one attached hydrogen (secondary N) is 1. The molecule has 0 aromatic heterocycles. The van der Waals surface area contributed by atoms with Crippen molar-refractivity contribution in [3.8, 4) is 0 Å². The molecule has 0 aliphatic carbocycles. The zero-order chi connectivity index (χ0) is 6.57. The Morgan fingerprint density at radius 2 is 2.00 bits per heavy atom. The third kappa shape index (κ3) is 4.55. The van der Waals surface area contributed by atoms with Gasteiger partial charge in [0.15, 0.2) is 0 Å². The van der Waals surface area contributed by atoms with Crippen LogP contribution >= 0.6 is 9.24 Å². The van der Waals surface area contributed by atoms with E-state index < -0.39 is 0 Å². The summed E-state index contributed by atoms with van der Waals surface area (Å²) in [7, 11) is 2.72. The molecule has 1 nitrogen and oxygen atoms in total. The molecule has 0 fully saturated rings. The Morgan fingerprint density at radius 1 is 1.50 bits per heavy atom. The second kappa shape index (κ2) is 4.29. The number of hydrogen-bond acceptors (Lipinski definition) is 1. The Hall–Kier alpha value is 0.390. The van der Waals surface area contributed by atoms with E-state index in [-0.39, 0.29) is 0 Å². The largest absolute Gasteiger partial charge is 0.308 e. The van der Waals surface area contributed by atoms with Gasteiger partial charge in [-0.25, -0.2) is 0 Å². The van der Waals surface area contributed by atoms with Crippen LogP contribution in [0.15, 0.2) is 0 Å². The Balaban J connectivity index is 3.10. The first-order chi connectivity index (χ1) is 3.66. The summed E-state index contributed by atoms with van der Waals surface area (Å²) < 4.78 is 0. The van der Waals surface area contributed by atoms with Crippen molar-refractivity contribution < 1.29 is 0 Å². The van der Waals surface area contributed by atoms with E-state index >= 15 is 0 Å². The quantitative estimate of drug-likeness (QED) is 0.576. The van der Waals surface area contributed by atoms with Gasteiger partial charge in [0.1, 0.15) is 0 Å². The van der Waals surface area contributed by atoms with Gasteiger partial charge in [-0.3, -0.25) is 0 Å². The lowest BCUT2D eigenvalue weighted by molar-refractivity contribution is 0.532. The Kier molecular flexibility index (Phi) is 4.50. The van der Waals surface area contributed by atoms with Crippen LogP contribution in [-0.2, 0) is 0 Å². The first-order valence-electron chi connectivity index (χ1n) is 3.18. The van der Waals surface area contributed by atoms with Gasteiger partial charge in [-0.2, -0.15) is 0 Å². The summed E-state index contributed by atoms with van der Waals surface area (Å²) in [5.74, 6) is 0.546. The smallest absolute Gasteiger partial charge is 0.0185 e. The van der Waals surface area contributed by atoms with Crippen molar-refractivity contribution in [2.24, 2.45) is 0 Å². The predicted octanol–water partition coefficient (Wildman–Crippen LogP) is 1.60. The maximum atomic E-state index is 3.36. The fourth-order valence-corrected chi connectivity index (χ4v) is 0.895. The summed E-state index contributed by atoms with van der Waals surface area (Å²) >= 11 is 0. The second-order valence-electron chi connectivity index (χ2n) is 2.26. The molecule has 0 aliphatic rings. The van der Waals surface area contributed by atoms with Crippen molar-refractivity contribution in [1.29, 1.82) is 0 Å². The highest BCUT2D eigenvalue weighted by Gasteiger charge is 1.97. The van der Waals surface area contributed by atoms with Crippen LogP contribution in [0.3, 0.4) is 0 Å². The van der Waals surface area contributed by atoms with Crippen LogP contribution in [0.4, 0.5) is 0 Å². The number of hydrogen-bond donors (Lipinski definition) is 1. The third-order valence-electron chi connectivity index (χ3n) is 1.16. The third-order valence-corrected chi connectivity index (χ3v) is 1.35. The normalized spacial score (nSPS) is 18.0. The summed E-state index contributed by atoms with van der Waals surface area (Å²) in [6.45, 7) is 6.52. The molecule has 50 valence electrons. The van der Waals surface area contributed by atoms with Gasteiger partial charge < -0.3 is 5.32 Å². The molecule has 0 heterocycles. The molecular formula is C6H16NP. The van der Waals surface area contributed by atoms with E-state index in [1.807, 2.05) is 0 Å². The highest BCUT2D eigenvalue weighted by Crippen LogP contribution is 1.96. The summed E-state index contributed by atoms with van der Waals surface area (Å²) in [6, 6.07) is 0.655. The van der Waals surface area contributed by atoms with Crippen molar-refractivity contribution in [1.82, 2.24) is 5.32 Å². The lowest BCUT2D eigenvalue weighted by Crippen LogP contribution is -2.29. The number of rotatable bonds is 3. The molecule has 8 heavy (non-hydrogen) atoms. The van der Waals surface area contributed by atoms with E-state index in [1.54, 1.807) is 0 Å². The maximum Gasteiger partial charge on any atom is 0.0185 e. The zero-order valence-corrected chi connectivity index (χ0v) is 7.09. The van der Waals surface area contributed by atoms with E-state index in [9.17, 15) is 0 Å². The van der Waals surface area contributed by atoms with Gasteiger partial charge in [-0.15, -0.1) is 9.24 Å². The van der Waals surface area contributed by atoms with Crippen LogP contribution < -0.4 is 5.32 Å². The van der Waals surface area contributed by atoms with Crippen molar-refractivity contribution in [2.45, 2.75) is 39.0 Å². The summed E-state index contributed by atoms with van der Waals surface area (Å²) in [5, 5.41) is 3.36. The lowest BCUT2D eigenvalue weighted by Gasteiger charge is -2.13. The molecule has 0 amide bonds. The fourth-order valence-electron chi connectivity index (χ4n) is 0.567. The minimum atomic E-state index is 0.546. The molecule has 0 aromatic carbocycles. The molecule has 0 aliphatic heterocycles. The molecule has 2 heteroatoms. The molecule has 0 saturated heterocycles. The van der Waals surface area contributed by atoms with Gasteiger partial charge >= 0.3 is 0 Å². The Labute approximate surface area is 54.4 Å². The van der Waals surface area contributed by atoms with Gasteiger partial charge in [0.2, 0.25) is 0 Å². The molecule has 0 aromatic rings. The monoisotopic (exact) mass is 133 g/mol. The van der Waals surface area contributed by atoms with Gasteiger partial charge in [-0.1, -0.05) is 6.92 Å². The molecule has 1 N–H and O–H groups in total. The van der Waals surface area contributed by atoms with E-state index in [0.717, 1.165) is 0 Å². The molecule has 0 radical (unpaired) electrons. The fraction of sp³-hybridized carbons (Fsp3) is 1.00. The van der Waals surface area contributed by atoms with Gasteiger partial charge in [0, 0.05) is 11.8 Å². The van der Waals surface area contributed by atoms with Crippen molar-refractivity contribution in [3.63, 3.8) is 0 Å². The van der Waals surface area contributed by atoms with E-state index in [0.29, 0.717) is 11.8 Å². The summed E-state index contributed by atoms with van der Waals surface area (Å²) in [4.78, 5) is 0. The summed E-state index contributed by atoms with van der Waals surface area (Å²) in [5.41, 5.74) is 0. The molecule has 0 bridgehead atoms. The van der Waals surface area contributed by atoms with Crippen LogP contribution in [0.25, 0.3) is 0 Å². The second-order valence-corrected chi connectivity index (χ2v) is 3.26. The molecular weight excluding hydrogens is 117 g/mol.